The summed E-state index contributed by atoms with van der Waals surface area (Å²) in [6, 6.07) is 3.47. The number of aromatic nitrogens is 3. The number of hydrogen-bond acceptors (Lipinski definition) is 8. The van der Waals surface area contributed by atoms with Gasteiger partial charge in [-0.2, -0.15) is 0 Å². The quantitative estimate of drug-likeness (QED) is 0.580. The lowest BCUT2D eigenvalue weighted by molar-refractivity contribution is 0.270. The predicted octanol–water partition coefficient (Wildman–Crippen LogP) is 1.23. The van der Waals surface area contributed by atoms with Gasteiger partial charge in [0.25, 0.3) is 0 Å². The summed E-state index contributed by atoms with van der Waals surface area (Å²) in [5.41, 5.74) is -0.149. The Morgan fingerprint density at radius 2 is 1.90 bits per heavy atom. The molecule has 160 valence electrons. The van der Waals surface area contributed by atoms with Crippen LogP contribution >= 0.6 is 11.3 Å². The third-order valence-electron chi connectivity index (χ3n) is 5.33. The minimum atomic E-state index is -3.92. The van der Waals surface area contributed by atoms with Gasteiger partial charge in [-0.15, -0.1) is 11.3 Å². The zero-order chi connectivity index (χ0) is 21.5. The van der Waals surface area contributed by atoms with Gasteiger partial charge in [0, 0.05) is 58.0 Å². The molecule has 4 heterocycles. The highest BCUT2D eigenvalue weighted by molar-refractivity contribution is 7.89. The summed E-state index contributed by atoms with van der Waals surface area (Å²) in [6.45, 7) is 6.77. The molecule has 0 bridgehead atoms. The first-order valence-corrected chi connectivity index (χ1v) is 12.0. The Morgan fingerprint density at radius 3 is 2.50 bits per heavy atom. The molecule has 0 saturated carbocycles. The second kappa shape index (κ2) is 8.06. The molecule has 0 radical (unpaired) electrons. The SMILES string of the molecule is CCN1CCN(c2ccc3c(=O)c(S(=O)(=O)N(C)C)cn(-c4nccs4)c3n2)CC1. The number of anilines is 1. The summed E-state index contributed by atoms with van der Waals surface area (Å²) in [6.07, 6.45) is 2.97. The van der Waals surface area contributed by atoms with Crippen LogP contribution in [0.5, 0.6) is 0 Å². The number of thiazole rings is 1. The molecular weight excluding hydrogens is 424 g/mol. The van der Waals surface area contributed by atoms with E-state index in [0.717, 1.165) is 42.8 Å². The van der Waals surface area contributed by atoms with Crippen molar-refractivity contribution in [3.8, 4) is 5.13 Å². The molecule has 0 N–H and O–H groups in total. The number of sulfonamides is 1. The number of rotatable bonds is 5. The maximum absolute atomic E-state index is 13.1. The number of hydrogen-bond donors (Lipinski definition) is 0. The van der Waals surface area contributed by atoms with Crippen LogP contribution in [-0.4, -0.2) is 79.0 Å². The van der Waals surface area contributed by atoms with Gasteiger partial charge in [0.05, 0.1) is 5.39 Å². The highest BCUT2D eigenvalue weighted by Crippen LogP contribution is 2.24. The number of pyridine rings is 2. The van der Waals surface area contributed by atoms with Crippen molar-refractivity contribution < 1.29 is 8.42 Å². The maximum Gasteiger partial charge on any atom is 0.247 e. The van der Waals surface area contributed by atoms with Crippen LogP contribution in [0.4, 0.5) is 5.82 Å². The van der Waals surface area contributed by atoms with E-state index >= 15 is 0 Å². The molecule has 30 heavy (non-hydrogen) atoms. The van der Waals surface area contributed by atoms with Crippen molar-refractivity contribution >= 4 is 38.2 Å². The minimum absolute atomic E-state index is 0.254. The molecule has 3 aromatic rings. The summed E-state index contributed by atoms with van der Waals surface area (Å²) in [7, 11) is -1.11. The fourth-order valence-electron chi connectivity index (χ4n) is 3.50. The molecule has 4 rings (SSSR count). The molecule has 1 saturated heterocycles. The van der Waals surface area contributed by atoms with Crippen LogP contribution in [0.3, 0.4) is 0 Å². The lowest BCUT2D eigenvalue weighted by atomic mass is 10.2. The van der Waals surface area contributed by atoms with Gasteiger partial charge in [-0.3, -0.25) is 9.36 Å². The summed E-state index contributed by atoms with van der Waals surface area (Å²) in [5, 5.41) is 2.60. The van der Waals surface area contributed by atoms with E-state index < -0.39 is 15.5 Å². The van der Waals surface area contributed by atoms with Crippen LogP contribution < -0.4 is 10.3 Å². The molecule has 0 spiro atoms. The third-order valence-corrected chi connectivity index (χ3v) is 7.91. The Balaban J connectivity index is 1.90. The van der Waals surface area contributed by atoms with Crippen molar-refractivity contribution in [2.75, 3.05) is 51.7 Å². The molecule has 1 fully saturated rings. The Kier molecular flexibility index (Phi) is 5.62. The van der Waals surface area contributed by atoms with E-state index in [1.54, 1.807) is 28.3 Å². The van der Waals surface area contributed by atoms with Gasteiger partial charge in [0.1, 0.15) is 10.7 Å². The van der Waals surface area contributed by atoms with Gasteiger partial charge in [-0.05, 0) is 18.7 Å². The van der Waals surface area contributed by atoms with Gasteiger partial charge in [-0.25, -0.2) is 22.7 Å². The molecule has 0 amide bonds. The summed E-state index contributed by atoms with van der Waals surface area (Å²) >= 11 is 1.35. The summed E-state index contributed by atoms with van der Waals surface area (Å²) in [5.74, 6) is 0.770. The van der Waals surface area contributed by atoms with Crippen molar-refractivity contribution in [2.45, 2.75) is 11.8 Å². The van der Waals surface area contributed by atoms with Crippen molar-refractivity contribution in [3.63, 3.8) is 0 Å². The largest absolute Gasteiger partial charge is 0.354 e. The van der Waals surface area contributed by atoms with E-state index in [2.05, 4.69) is 21.7 Å². The van der Waals surface area contributed by atoms with E-state index in [4.69, 9.17) is 4.98 Å². The molecule has 1 aliphatic rings. The topological polar surface area (TPSA) is 91.6 Å². The Morgan fingerprint density at radius 1 is 1.17 bits per heavy atom. The third kappa shape index (κ3) is 3.62. The van der Waals surface area contributed by atoms with E-state index in [1.807, 2.05) is 0 Å². The first-order chi connectivity index (χ1) is 14.3. The zero-order valence-electron chi connectivity index (χ0n) is 17.1. The van der Waals surface area contributed by atoms with E-state index in [9.17, 15) is 13.2 Å². The maximum atomic E-state index is 13.1. The average molecular weight is 449 g/mol. The molecule has 9 nitrogen and oxygen atoms in total. The standard InChI is InChI=1S/C19H24N6O3S2/c1-4-23-8-10-24(11-9-23)16-6-5-14-17(26)15(30(27,28)22(2)3)13-25(18(14)21-16)19-20-7-12-29-19/h5-7,12-13H,4,8-11H2,1-3H3. The first-order valence-electron chi connectivity index (χ1n) is 9.69. The van der Waals surface area contributed by atoms with Crippen LogP contribution in [0.2, 0.25) is 0 Å². The number of piperazine rings is 1. The fourth-order valence-corrected chi connectivity index (χ4v) is 5.09. The molecule has 0 atom stereocenters. The van der Waals surface area contributed by atoms with Crippen LogP contribution in [0, 0.1) is 0 Å². The number of likely N-dealkylation sites (N-methyl/N-ethyl adjacent to an activating group) is 1. The van der Waals surface area contributed by atoms with Crippen LogP contribution in [-0.2, 0) is 10.0 Å². The molecule has 1 aliphatic heterocycles. The van der Waals surface area contributed by atoms with Gasteiger partial charge >= 0.3 is 0 Å². The molecular formula is C19H24N6O3S2. The monoisotopic (exact) mass is 448 g/mol. The zero-order valence-corrected chi connectivity index (χ0v) is 18.8. The summed E-state index contributed by atoms with van der Waals surface area (Å²) in [4.78, 5) is 26.4. The Hall–Kier alpha value is -2.34. The lowest BCUT2D eigenvalue weighted by Crippen LogP contribution is -2.46. The van der Waals surface area contributed by atoms with Gasteiger partial charge in [-0.1, -0.05) is 6.92 Å². The lowest BCUT2D eigenvalue weighted by Gasteiger charge is -2.34. The second-order valence-electron chi connectivity index (χ2n) is 7.26. The number of fused-ring (bicyclic) bond motifs is 1. The van der Waals surface area contributed by atoms with Crippen molar-refractivity contribution in [3.05, 3.63) is 40.1 Å². The molecule has 0 unspecified atom stereocenters. The van der Waals surface area contributed by atoms with Crippen molar-refractivity contribution in [1.29, 1.82) is 0 Å². The molecule has 11 heteroatoms. The van der Waals surface area contributed by atoms with Crippen LogP contribution in [0.15, 0.2) is 39.6 Å². The fraction of sp³-hybridized carbons (Fsp3) is 0.421. The predicted molar refractivity (Wildman–Crippen MR) is 118 cm³/mol. The Bertz CT molecular complexity index is 1210. The first kappa shape index (κ1) is 20.9. The average Bonchev–Trinajstić information content (AvgIpc) is 3.28. The van der Waals surface area contributed by atoms with Crippen LogP contribution in [0.25, 0.3) is 16.2 Å². The number of nitrogens with zero attached hydrogens (tertiary/aromatic N) is 6. The van der Waals surface area contributed by atoms with E-state index in [1.165, 1.54) is 31.6 Å². The minimum Gasteiger partial charge on any atom is -0.354 e. The molecule has 0 aromatic carbocycles. The Labute approximate surface area is 179 Å². The highest BCUT2D eigenvalue weighted by Gasteiger charge is 2.26. The van der Waals surface area contributed by atoms with E-state index in [-0.39, 0.29) is 10.3 Å². The van der Waals surface area contributed by atoms with Crippen molar-refractivity contribution in [2.24, 2.45) is 0 Å². The highest BCUT2D eigenvalue weighted by atomic mass is 32.2. The smallest absolute Gasteiger partial charge is 0.247 e. The van der Waals surface area contributed by atoms with Gasteiger partial charge in [0.2, 0.25) is 15.5 Å². The van der Waals surface area contributed by atoms with E-state index in [0.29, 0.717) is 10.8 Å². The van der Waals surface area contributed by atoms with Crippen molar-refractivity contribution in [1.82, 2.24) is 23.7 Å². The normalized spacial score (nSPS) is 15.9. The van der Waals surface area contributed by atoms with Crippen LogP contribution in [0.1, 0.15) is 6.92 Å². The summed E-state index contributed by atoms with van der Waals surface area (Å²) < 4.78 is 28.1. The molecule has 0 aliphatic carbocycles. The molecule has 3 aromatic heterocycles. The van der Waals surface area contributed by atoms with Gasteiger partial charge in [0.15, 0.2) is 10.8 Å². The second-order valence-corrected chi connectivity index (χ2v) is 10.2. The van der Waals surface area contributed by atoms with Gasteiger partial charge < -0.3 is 9.80 Å².